The van der Waals surface area contributed by atoms with Crippen molar-refractivity contribution < 1.29 is 9.47 Å². The van der Waals surface area contributed by atoms with Gasteiger partial charge < -0.3 is 9.47 Å². The van der Waals surface area contributed by atoms with Crippen molar-refractivity contribution in [3.63, 3.8) is 0 Å². The Labute approximate surface area is 106 Å². The van der Waals surface area contributed by atoms with Crippen LogP contribution in [0.5, 0.6) is 0 Å². The summed E-state index contributed by atoms with van der Waals surface area (Å²) in [5.74, 6) is 0. The molecule has 0 unspecified atom stereocenters. The molecule has 1 heterocycles. The van der Waals surface area contributed by atoms with Gasteiger partial charge in [0, 0.05) is 0 Å². The minimum absolute atomic E-state index is 0.106. The largest absolute Gasteiger partial charge is 0.350 e. The Morgan fingerprint density at radius 1 is 0.882 bits per heavy atom. The van der Waals surface area contributed by atoms with Crippen molar-refractivity contribution in [3.05, 3.63) is 12.2 Å². The summed E-state index contributed by atoms with van der Waals surface area (Å²) in [6.07, 6.45) is 16.3. The molecule has 2 nitrogen and oxygen atoms in total. The summed E-state index contributed by atoms with van der Waals surface area (Å²) in [6.45, 7) is 3.76. The lowest BCUT2D eigenvalue weighted by Gasteiger charge is -2.07. The van der Waals surface area contributed by atoms with Gasteiger partial charge >= 0.3 is 0 Å². The van der Waals surface area contributed by atoms with Gasteiger partial charge in [-0.15, -0.1) is 0 Å². The Bertz CT molecular complexity index is 183. The summed E-state index contributed by atoms with van der Waals surface area (Å²) in [5, 5.41) is 0. The zero-order valence-corrected chi connectivity index (χ0v) is 11.3. The van der Waals surface area contributed by atoms with Crippen LogP contribution in [0.2, 0.25) is 0 Å². The van der Waals surface area contributed by atoms with Crippen LogP contribution in [0.1, 0.15) is 64.7 Å². The molecule has 0 radical (unpaired) electrons. The Hall–Kier alpha value is -0.340. The second kappa shape index (κ2) is 10.8. The second-order valence-corrected chi connectivity index (χ2v) is 4.75. The first kappa shape index (κ1) is 14.7. The SMILES string of the molecule is CC/C=C\CCCCCCCCC1OCCO1. The van der Waals surface area contributed by atoms with E-state index in [1.165, 1.54) is 51.4 Å². The van der Waals surface area contributed by atoms with E-state index in [0.717, 1.165) is 19.6 Å². The first-order chi connectivity index (χ1) is 8.43. The van der Waals surface area contributed by atoms with Crippen LogP contribution in [0.4, 0.5) is 0 Å². The van der Waals surface area contributed by atoms with Crippen LogP contribution < -0.4 is 0 Å². The average Bonchev–Trinajstić information content (AvgIpc) is 2.85. The van der Waals surface area contributed by atoms with Crippen LogP contribution in [0.25, 0.3) is 0 Å². The third-order valence-electron chi connectivity index (χ3n) is 3.15. The quantitative estimate of drug-likeness (QED) is 0.415. The molecule has 100 valence electrons. The predicted octanol–water partition coefficient (Wildman–Crippen LogP) is 4.45. The first-order valence-electron chi connectivity index (χ1n) is 7.31. The molecule has 1 fully saturated rings. The molecule has 17 heavy (non-hydrogen) atoms. The normalized spacial score (nSPS) is 17.2. The van der Waals surface area contributed by atoms with Crippen LogP contribution in [0.3, 0.4) is 0 Å². The van der Waals surface area contributed by atoms with Gasteiger partial charge in [-0.3, -0.25) is 0 Å². The molecule has 0 amide bonds. The molecule has 0 aliphatic carbocycles. The van der Waals surface area contributed by atoms with Crippen molar-refractivity contribution in [3.8, 4) is 0 Å². The number of hydrogen-bond acceptors (Lipinski definition) is 2. The summed E-state index contributed by atoms with van der Waals surface area (Å²) >= 11 is 0. The maximum Gasteiger partial charge on any atom is 0.157 e. The third kappa shape index (κ3) is 8.39. The molecule has 2 heteroatoms. The fourth-order valence-electron chi connectivity index (χ4n) is 2.14. The molecule has 0 aromatic heterocycles. The monoisotopic (exact) mass is 240 g/mol. The van der Waals surface area contributed by atoms with Crippen molar-refractivity contribution in [2.24, 2.45) is 0 Å². The van der Waals surface area contributed by atoms with Gasteiger partial charge in [0.05, 0.1) is 13.2 Å². The van der Waals surface area contributed by atoms with Crippen molar-refractivity contribution in [2.75, 3.05) is 13.2 Å². The van der Waals surface area contributed by atoms with Gasteiger partial charge in [0.1, 0.15) is 0 Å². The van der Waals surface area contributed by atoms with Gasteiger partial charge in [0.2, 0.25) is 0 Å². The minimum atomic E-state index is 0.106. The fraction of sp³-hybridized carbons (Fsp3) is 0.867. The molecular weight excluding hydrogens is 212 g/mol. The Morgan fingerprint density at radius 2 is 1.53 bits per heavy atom. The van der Waals surface area contributed by atoms with Gasteiger partial charge in [-0.25, -0.2) is 0 Å². The summed E-state index contributed by atoms with van der Waals surface area (Å²) < 4.78 is 10.8. The maximum atomic E-state index is 5.41. The average molecular weight is 240 g/mol. The van der Waals surface area contributed by atoms with Gasteiger partial charge in [-0.1, -0.05) is 44.8 Å². The lowest BCUT2D eigenvalue weighted by molar-refractivity contribution is -0.0480. The van der Waals surface area contributed by atoms with Crippen LogP contribution in [0.15, 0.2) is 12.2 Å². The van der Waals surface area contributed by atoms with Crippen LogP contribution in [-0.4, -0.2) is 19.5 Å². The highest BCUT2D eigenvalue weighted by Gasteiger charge is 2.14. The van der Waals surface area contributed by atoms with Gasteiger partial charge in [0.25, 0.3) is 0 Å². The van der Waals surface area contributed by atoms with Crippen molar-refractivity contribution in [1.82, 2.24) is 0 Å². The van der Waals surface area contributed by atoms with Gasteiger partial charge in [0.15, 0.2) is 6.29 Å². The van der Waals surface area contributed by atoms with Crippen molar-refractivity contribution in [1.29, 1.82) is 0 Å². The second-order valence-electron chi connectivity index (χ2n) is 4.75. The van der Waals surface area contributed by atoms with E-state index in [2.05, 4.69) is 19.1 Å². The molecule has 0 atom stereocenters. The van der Waals surface area contributed by atoms with E-state index in [1.54, 1.807) is 0 Å². The summed E-state index contributed by atoms with van der Waals surface area (Å²) in [5.41, 5.74) is 0. The molecule has 0 aromatic carbocycles. The summed E-state index contributed by atoms with van der Waals surface area (Å²) in [7, 11) is 0. The smallest absolute Gasteiger partial charge is 0.157 e. The molecule has 1 saturated heterocycles. The zero-order chi connectivity index (χ0) is 12.2. The molecule has 0 N–H and O–H groups in total. The lowest BCUT2D eigenvalue weighted by atomic mass is 10.1. The van der Waals surface area contributed by atoms with Gasteiger partial charge in [-0.05, 0) is 32.1 Å². The Morgan fingerprint density at radius 3 is 2.24 bits per heavy atom. The highest BCUT2D eigenvalue weighted by molar-refractivity contribution is 4.79. The fourth-order valence-corrected chi connectivity index (χ4v) is 2.14. The first-order valence-corrected chi connectivity index (χ1v) is 7.31. The highest BCUT2D eigenvalue weighted by atomic mass is 16.7. The van der Waals surface area contributed by atoms with Gasteiger partial charge in [-0.2, -0.15) is 0 Å². The molecule has 1 aliphatic heterocycles. The minimum Gasteiger partial charge on any atom is -0.350 e. The number of ether oxygens (including phenoxy) is 2. The Kier molecular flexibility index (Phi) is 9.34. The molecule has 0 bridgehead atoms. The zero-order valence-electron chi connectivity index (χ0n) is 11.3. The predicted molar refractivity (Wildman–Crippen MR) is 72.1 cm³/mol. The summed E-state index contributed by atoms with van der Waals surface area (Å²) in [6, 6.07) is 0. The maximum absolute atomic E-state index is 5.41. The van der Waals surface area contributed by atoms with E-state index in [1.807, 2.05) is 0 Å². The lowest BCUT2D eigenvalue weighted by Crippen LogP contribution is -2.06. The topological polar surface area (TPSA) is 18.5 Å². The van der Waals surface area contributed by atoms with E-state index in [9.17, 15) is 0 Å². The van der Waals surface area contributed by atoms with Crippen LogP contribution in [0, 0.1) is 0 Å². The van der Waals surface area contributed by atoms with E-state index in [0.29, 0.717) is 0 Å². The summed E-state index contributed by atoms with van der Waals surface area (Å²) in [4.78, 5) is 0. The van der Waals surface area contributed by atoms with E-state index in [-0.39, 0.29) is 6.29 Å². The molecule has 1 rings (SSSR count). The highest BCUT2D eigenvalue weighted by Crippen LogP contribution is 2.14. The molecule has 0 aromatic rings. The van der Waals surface area contributed by atoms with Crippen molar-refractivity contribution in [2.45, 2.75) is 71.0 Å². The number of hydrogen-bond donors (Lipinski definition) is 0. The van der Waals surface area contributed by atoms with E-state index < -0.39 is 0 Å². The van der Waals surface area contributed by atoms with Crippen LogP contribution in [-0.2, 0) is 9.47 Å². The molecule has 0 spiro atoms. The molecule has 0 saturated carbocycles. The van der Waals surface area contributed by atoms with E-state index >= 15 is 0 Å². The van der Waals surface area contributed by atoms with Crippen LogP contribution >= 0.6 is 0 Å². The van der Waals surface area contributed by atoms with E-state index in [4.69, 9.17) is 9.47 Å². The van der Waals surface area contributed by atoms with Crippen molar-refractivity contribution >= 4 is 0 Å². The number of rotatable bonds is 10. The number of unbranched alkanes of at least 4 members (excludes halogenated alkanes) is 6. The molecule has 1 aliphatic rings. The Balaban J connectivity index is 1.73. The molecular formula is C15H28O2. The number of allylic oxidation sites excluding steroid dienone is 2. The third-order valence-corrected chi connectivity index (χ3v) is 3.15. The standard InChI is InChI=1S/C15H28O2/c1-2-3-4-5-6-7-8-9-10-11-12-15-16-13-14-17-15/h3-4,15H,2,5-14H2,1H3/b4-3-.